The van der Waals surface area contributed by atoms with Gasteiger partial charge in [-0.3, -0.25) is 0 Å². The molecule has 0 aliphatic heterocycles. The maximum absolute atomic E-state index is 13.0. The number of halogens is 1. The maximum Gasteiger partial charge on any atom is 0.277 e. The minimum atomic E-state index is -0.435. The minimum Gasteiger partial charge on any atom is -0.481 e. The van der Waals surface area contributed by atoms with E-state index in [1.54, 1.807) is 30.4 Å². The van der Waals surface area contributed by atoms with E-state index in [4.69, 9.17) is 9.15 Å². The smallest absolute Gasteiger partial charge is 0.277 e. The molecule has 2 aromatic heterocycles. The molecular formula is C21H18FN3O2S2. The third-order valence-corrected chi connectivity index (χ3v) is 5.88. The number of aryl methyl sites for hydroxylation is 1. The number of benzene rings is 2. The highest BCUT2D eigenvalue weighted by molar-refractivity contribution is 7.98. The Hall–Kier alpha value is -2.71. The molecule has 0 fully saturated rings. The Labute approximate surface area is 176 Å². The van der Waals surface area contributed by atoms with Crippen molar-refractivity contribution in [3.8, 4) is 16.3 Å². The van der Waals surface area contributed by atoms with E-state index in [-0.39, 0.29) is 5.82 Å². The first-order valence-corrected chi connectivity index (χ1v) is 10.8. The Morgan fingerprint density at radius 3 is 2.62 bits per heavy atom. The molecule has 29 heavy (non-hydrogen) atoms. The number of hydrogen-bond acceptors (Lipinski definition) is 7. The average Bonchev–Trinajstić information content (AvgIpc) is 3.38. The maximum atomic E-state index is 13.0. The highest BCUT2D eigenvalue weighted by atomic mass is 32.2. The van der Waals surface area contributed by atoms with Crippen molar-refractivity contribution in [1.82, 2.24) is 15.2 Å². The molecule has 1 unspecified atom stereocenters. The topological polar surface area (TPSA) is 61.0 Å². The van der Waals surface area contributed by atoms with Gasteiger partial charge in [0.15, 0.2) is 6.10 Å². The van der Waals surface area contributed by atoms with Crippen LogP contribution in [0.25, 0.3) is 10.6 Å². The molecule has 1 atom stereocenters. The predicted molar refractivity (Wildman–Crippen MR) is 112 cm³/mol. The Bertz CT molecular complexity index is 1080. The first-order valence-electron chi connectivity index (χ1n) is 8.97. The number of thioether (sulfide) groups is 1. The van der Waals surface area contributed by atoms with E-state index in [0.717, 1.165) is 16.3 Å². The zero-order valence-corrected chi connectivity index (χ0v) is 17.5. The average molecular weight is 428 g/mol. The van der Waals surface area contributed by atoms with Crippen LogP contribution in [0.5, 0.6) is 5.75 Å². The summed E-state index contributed by atoms with van der Waals surface area (Å²) in [5.74, 6) is 1.24. The Balaban J connectivity index is 1.34. The molecule has 8 heteroatoms. The van der Waals surface area contributed by atoms with Crippen LogP contribution in [0, 0.1) is 12.7 Å². The molecule has 2 aromatic carbocycles. The van der Waals surface area contributed by atoms with Crippen LogP contribution in [-0.2, 0) is 5.75 Å². The molecule has 0 amide bonds. The van der Waals surface area contributed by atoms with Crippen molar-refractivity contribution in [2.75, 3.05) is 0 Å². The molecule has 4 rings (SSSR count). The van der Waals surface area contributed by atoms with Crippen LogP contribution >= 0.6 is 23.1 Å². The minimum absolute atomic E-state index is 0.311. The summed E-state index contributed by atoms with van der Waals surface area (Å²) >= 11 is 3.05. The van der Waals surface area contributed by atoms with Crippen LogP contribution < -0.4 is 4.74 Å². The first kappa shape index (κ1) is 19.6. The second-order valence-electron chi connectivity index (χ2n) is 6.42. The van der Waals surface area contributed by atoms with E-state index in [1.807, 2.05) is 5.38 Å². The van der Waals surface area contributed by atoms with Gasteiger partial charge in [0.2, 0.25) is 0 Å². The van der Waals surface area contributed by atoms with E-state index >= 15 is 0 Å². The van der Waals surface area contributed by atoms with Crippen molar-refractivity contribution >= 4 is 23.1 Å². The monoisotopic (exact) mass is 427 g/mol. The van der Waals surface area contributed by atoms with Crippen LogP contribution in [0.3, 0.4) is 0 Å². The predicted octanol–water partition coefficient (Wildman–Crippen LogP) is 6.07. The fourth-order valence-electron chi connectivity index (χ4n) is 2.55. The van der Waals surface area contributed by atoms with E-state index < -0.39 is 6.10 Å². The SMILES string of the molecule is Cc1ccc(-c2nc(CSc3nnc(C(C)Oc4ccc(F)cc4)o3)cs2)cc1. The Morgan fingerprint density at radius 1 is 1.10 bits per heavy atom. The zero-order chi connectivity index (χ0) is 20.2. The summed E-state index contributed by atoms with van der Waals surface area (Å²) in [4.78, 5) is 4.68. The summed E-state index contributed by atoms with van der Waals surface area (Å²) in [7, 11) is 0. The van der Waals surface area contributed by atoms with Crippen molar-refractivity contribution in [1.29, 1.82) is 0 Å². The van der Waals surface area contributed by atoms with Crippen molar-refractivity contribution in [3.63, 3.8) is 0 Å². The Kier molecular flexibility index (Phi) is 5.92. The standard InChI is InChI=1S/C21H18FN3O2S2/c1-13-3-5-15(6-4-13)20-23-17(11-28-20)12-29-21-25-24-19(27-21)14(2)26-18-9-7-16(22)8-10-18/h3-11,14H,12H2,1-2H3. The van der Waals surface area contributed by atoms with Gasteiger partial charge >= 0.3 is 0 Å². The highest BCUT2D eigenvalue weighted by Gasteiger charge is 2.16. The van der Waals surface area contributed by atoms with Gasteiger partial charge < -0.3 is 9.15 Å². The Morgan fingerprint density at radius 2 is 1.86 bits per heavy atom. The molecule has 0 aliphatic rings. The summed E-state index contributed by atoms with van der Waals surface area (Å²) in [6, 6.07) is 14.1. The molecule has 0 bridgehead atoms. The molecule has 0 saturated carbocycles. The van der Waals surface area contributed by atoms with Crippen LogP contribution in [-0.4, -0.2) is 15.2 Å². The van der Waals surface area contributed by atoms with Crippen LogP contribution in [0.4, 0.5) is 4.39 Å². The third kappa shape index (κ3) is 5.02. The summed E-state index contributed by atoms with van der Waals surface area (Å²) in [5.41, 5.74) is 3.31. The summed E-state index contributed by atoms with van der Waals surface area (Å²) < 4.78 is 24.4. The van der Waals surface area contributed by atoms with Crippen LogP contribution in [0.1, 0.15) is 30.2 Å². The second kappa shape index (κ2) is 8.75. The van der Waals surface area contributed by atoms with E-state index in [2.05, 4.69) is 46.4 Å². The van der Waals surface area contributed by atoms with Gasteiger partial charge in [0.25, 0.3) is 11.1 Å². The molecule has 4 aromatic rings. The number of thiazole rings is 1. The molecule has 148 valence electrons. The summed E-state index contributed by atoms with van der Waals surface area (Å²) in [6.45, 7) is 3.87. The number of ether oxygens (including phenoxy) is 1. The van der Waals surface area contributed by atoms with Crippen molar-refractivity contribution < 1.29 is 13.5 Å². The number of hydrogen-bond donors (Lipinski definition) is 0. The summed E-state index contributed by atoms with van der Waals surface area (Å²) in [5, 5.41) is 11.6. The molecule has 0 spiro atoms. The van der Waals surface area contributed by atoms with Gasteiger partial charge in [-0.25, -0.2) is 9.37 Å². The number of nitrogens with zero attached hydrogens (tertiary/aromatic N) is 3. The number of aromatic nitrogens is 3. The van der Waals surface area contributed by atoms with E-state index in [0.29, 0.717) is 22.6 Å². The fourth-order valence-corrected chi connectivity index (χ4v) is 4.14. The molecule has 0 aliphatic carbocycles. The highest BCUT2D eigenvalue weighted by Crippen LogP contribution is 2.29. The van der Waals surface area contributed by atoms with Gasteiger partial charge in [0.1, 0.15) is 16.6 Å². The van der Waals surface area contributed by atoms with Gasteiger partial charge in [0, 0.05) is 16.7 Å². The molecule has 0 saturated heterocycles. The lowest BCUT2D eigenvalue weighted by Crippen LogP contribution is -2.03. The summed E-state index contributed by atoms with van der Waals surface area (Å²) in [6.07, 6.45) is -0.435. The van der Waals surface area contributed by atoms with Crippen LogP contribution in [0.15, 0.2) is 63.6 Å². The molecule has 2 heterocycles. The lowest BCUT2D eigenvalue weighted by atomic mass is 10.2. The molecular weight excluding hydrogens is 409 g/mol. The lowest BCUT2D eigenvalue weighted by molar-refractivity contribution is 0.181. The van der Waals surface area contributed by atoms with E-state index in [9.17, 15) is 4.39 Å². The van der Waals surface area contributed by atoms with Gasteiger partial charge in [-0.05, 0) is 38.1 Å². The van der Waals surface area contributed by atoms with Gasteiger partial charge in [-0.15, -0.1) is 21.5 Å². The zero-order valence-electron chi connectivity index (χ0n) is 15.8. The lowest BCUT2D eigenvalue weighted by Gasteiger charge is -2.10. The molecule has 5 nitrogen and oxygen atoms in total. The second-order valence-corrected chi connectivity index (χ2v) is 8.20. The normalized spacial score (nSPS) is 12.1. The van der Waals surface area contributed by atoms with Gasteiger partial charge in [0.05, 0.1) is 5.69 Å². The molecule has 0 radical (unpaired) electrons. The first-order chi connectivity index (χ1) is 14.1. The van der Waals surface area contributed by atoms with Gasteiger partial charge in [-0.1, -0.05) is 41.6 Å². The van der Waals surface area contributed by atoms with Crippen molar-refractivity contribution in [3.05, 3.63) is 76.9 Å². The largest absolute Gasteiger partial charge is 0.481 e. The quantitative estimate of drug-likeness (QED) is 0.334. The van der Waals surface area contributed by atoms with Crippen molar-refractivity contribution in [2.24, 2.45) is 0 Å². The van der Waals surface area contributed by atoms with Crippen LogP contribution in [0.2, 0.25) is 0 Å². The fraction of sp³-hybridized carbons (Fsp3) is 0.190. The van der Waals surface area contributed by atoms with Gasteiger partial charge in [-0.2, -0.15) is 0 Å². The van der Waals surface area contributed by atoms with E-state index in [1.165, 1.54) is 29.5 Å². The molecule has 0 N–H and O–H groups in total. The van der Waals surface area contributed by atoms with Crippen molar-refractivity contribution in [2.45, 2.75) is 30.9 Å². The third-order valence-electron chi connectivity index (χ3n) is 4.09. The number of rotatable bonds is 7.